The molecule has 0 amide bonds. The van der Waals surface area contributed by atoms with Crippen LogP contribution in [0.2, 0.25) is 0 Å². The summed E-state index contributed by atoms with van der Waals surface area (Å²) in [5, 5.41) is 0. The van der Waals surface area contributed by atoms with Crippen LogP contribution in [0.25, 0.3) is 0 Å². The van der Waals surface area contributed by atoms with Crippen LogP contribution in [0.1, 0.15) is 26.7 Å². The summed E-state index contributed by atoms with van der Waals surface area (Å²) in [6, 6.07) is 0.303. The second-order valence-electron chi connectivity index (χ2n) is 5.35. The Morgan fingerprint density at radius 3 is 2.40 bits per heavy atom. The molecule has 2 N–H and O–H groups in total. The van der Waals surface area contributed by atoms with Gasteiger partial charge in [-0.15, -0.1) is 0 Å². The van der Waals surface area contributed by atoms with Gasteiger partial charge < -0.3 is 19.9 Å². The lowest BCUT2D eigenvalue weighted by atomic mass is 9.97. The molecule has 2 unspecified atom stereocenters. The fraction of sp³-hybridized carbons (Fsp3) is 0.929. The van der Waals surface area contributed by atoms with E-state index in [2.05, 4.69) is 11.8 Å². The minimum Gasteiger partial charge on any atom is -0.468 e. The van der Waals surface area contributed by atoms with Crippen LogP contribution in [0, 0.1) is 0 Å². The third-order valence-electron chi connectivity index (χ3n) is 3.41. The van der Waals surface area contributed by atoms with E-state index in [4.69, 9.17) is 19.9 Å². The van der Waals surface area contributed by atoms with Crippen molar-refractivity contribution in [1.29, 1.82) is 0 Å². The smallest absolute Gasteiger partial charge is 0.325 e. The maximum Gasteiger partial charge on any atom is 0.325 e. The van der Waals surface area contributed by atoms with Crippen molar-refractivity contribution in [1.82, 2.24) is 4.90 Å². The number of methoxy groups -OCH3 is 3. The summed E-state index contributed by atoms with van der Waals surface area (Å²) in [5.74, 6) is -0.370. The molecular formula is C14H30N2O4. The first-order valence-corrected chi connectivity index (χ1v) is 6.98. The molecule has 0 saturated carbocycles. The van der Waals surface area contributed by atoms with Gasteiger partial charge in [-0.2, -0.15) is 0 Å². The number of rotatable bonds is 11. The zero-order chi connectivity index (χ0) is 15.6. The zero-order valence-corrected chi connectivity index (χ0v) is 13.5. The summed E-state index contributed by atoms with van der Waals surface area (Å²) < 4.78 is 15.0. The highest BCUT2D eigenvalue weighted by Gasteiger charge is 2.29. The first-order valence-electron chi connectivity index (χ1n) is 6.98. The van der Waals surface area contributed by atoms with E-state index >= 15 is 0 Å². The molecule has 0 heterocycles. The average molecular weight is 290 g/mol. The Bertz CT molecular complexity index is 272. The van der Waals surface area contributed by atoms with E-state index in [0.717, 1.165) is 19.5 Å². The van der Waals surface area contributed by atoms with E-state index in [-0.39, 0.29) is 5.97 Å². The lowest BCUT2D eigenvalue weighted by Crippen LogP contribution is -2.47. The predicted molar refractivity (Wildman–Crippen MR) is 78.6 cm³/mol. The van der Waals surface area contributed by atoms with Crippen molar-refractivity contribution in [3.05, 3.63) is 0 Å². The number of nitrogens with zero attached hydrogens (tertiary/aromatic N) is 1. The summed E-state index contributed by atoms with van der Waals surface area (Å²) in [7, 11) is 4.74. The average Bonchev–Trinajstić information content (AvgIpc) is 2.41. The van der Waals surface area contributed by atoms with Crippen LogP contribution in [0.5, 0.6) is 0 Å². The van der Waals surface area contributed by atoms with E-state index in [1.807, 2.05) is 0 Å². The standard InChI is InChI=1S/C14H30N2O4/c1-12(11-19-4)16(9-10-18-3)8-6-7-14(2,15)13(17)20-5/h12H,6-11,15H2,1-5H3. The Hall–Kier alpha value is -0.690. The van der Waals surface area contributed by atoms with Gasteiger partial charge in [-0.1, -0.05) is 0 Å². The van der Waals surface area contributed by atoms with Crippen LogP contribution < -0.4 is 5.73 Å². The lowest BCUT2D eigenvalue weighted by Gasteiger charge is -2.29. The van der Waals surface area contributed by atoms with Gasteiger partial charge in [0.15, 0.2) is 0 Å². The van der Waals surface area contributed by atoms with Crippen LogP contribution in [0.15, 0.2) is 0 Å². The molecule has 0 rings (SSSR count). The molecule has 0 bridgehead atoms. The second kappa shape index (κ2) is 10.1. The summed E-state index contributed by atoms with van der Waals surface area (Å²) >= 11 is 0. The molecule has 2 atom stereocenters. The van der Waals surface area contributed by atoms with E-state index in [1.165, 1.54) is 7.11 Å². The van der Waals surface area contributed by atoms with E-state index in [0.29, 0.717) is 25.7 Å². The summed E-state index contributed by atoms with van der Waals surface area (Å²) in [6.45, 7) is 6.84. The van der Waals surface area contributed by atoms with Gasteiger partial charge >= 0.3 is 5.97 Å². The first-order chi connectivity index (χ1) is 9.38. The molecule has 0 aromatic rings. The molecule has 6 nitrogen and oxygen atoms in total. The highest BCUT2D eigenvalue weighted by Crippen LogP contribution is 2.12. The molecule has 0 aromatic heterocycles. The molecule has 0 aliphatic heterocycles. The highest BCUT2D eigenvalue weighted by molar-refractivity contribution is 5.79. The molecule has 0 aromatic carbocycles. The Labute approximate surface area is 122 Å². The van der Waals surface area contributed by atoms with Crippen molar-refractivity contribution in [2.45, 2.75) is 38.3 Å². The Morgan fingerprint density at radius 1 is 1.25 bits per heavy atom. The Morgan fingerprint density at radius 2 is 1.90 bits per heavy atom. The van der Waals surface area contributed by atoms with Gasteiger partial charge in [0.25, 0.3) is 0 Å². The van der Waals surface area contributed by atoms with E-state index in [9.17, 15) is 4.79 Å². The maximum atomic E-state index is 11.5. The molecule has 0 saturated heterocycles. The quantitative estimate of drug-likeness (QED) is 0.563. The molecule has 0 fully saturated rings. The van der Waals surface area contributed by atoms with Crippen LogP contribution in [0.3, 0.4) is 0 Å². The maximum absolute atomic E-state index is 11.5. The number of carbonyl (C=O) groups excluding carboxylic acids is 1. The molecular weight excluding hydrogens is 260 g/mol. The van der Waals surface area contributed by atoms with Crippen LogP contribution in [0.4, 0.5) is 0 Å². The largest absolute Gasteiger partial charge is 0.468 e. The third-order valence-corrected chi connectivity index (χ3v) is 3.41. The molecule has 0 aliphatic rings. The van der Waals surface area contributed by atoms with Crippen molar-refractivity contribution >= 4 is 5.97 Å². The SMILES string of the molecule is COCCN(CCCC(C)(N)C(=O)OC)C(C)COC. The minimum absolute atomic E-state index is 0.303. The van der Waals surface area contributed by atoms with Crippen molar-refractivity contribution in [2.24, 2.45) is 5.73 Å². The van der Waals surface area contributed by atoms with Crippen molar-refractivity contribution in [3.8, 4) is 0 Å². The predicted octanol–water partition coefficient (Wildman–Crippen LogP) is 0.640. The molecule has 0 radical (unpaired) electrons. The first kappa shape index (κ1) is 19.3. The number of ether oxygens (including phenoxy) is 3. The van der Waals surface area contributed by atoms with Gasteiger partial charge in [0.05, 0.1) is 20.3 Å². The van der Waals surface area contributed by atoms with Crippen molar-refractivity contribution in [2.75, 3.05) is 47.6 Å². The topological polar surface area (TPSA) is 74.0 Å². The molecule has 20 heavy (non-hydrogen) atoms. The van der Waals surface area contributed by atoms with E-state index in [1.54, 1.807) is 21.1 Å². The molecule has 6 heteroatoms. The number of hydrogen-bond acceptors (Lipinski definition) is 6. The van der Waals surface area contributed by atoms with Gasteiger partial charge in [0.2, 0.25) is 0 Å². The zero-order valence-electron chi connectivity index (χ0n) is 13.5. The van der Waals surface area contributed by atoms with Crippen molar-refractivity contribution < 1.29 is 19.0 Å². The van der Waals surface area contributed by atoms with Gasteiger partial charge in [-0.3, -0.25) is 9.69 Å². The fourth-order valence-electron chi connectivity index (χ4n) is 2.09. The summed E-state index contributed by atoms with van der Waals surface area (Å²) in [4.78, 5) is 13.8. The van der Waals surface area contributed by atoms with Crippen LogP contribution in [-0.4, -0.2) is 70.1 Å². The monoisotopic (exact) mass is 290 g/mol. The van der Waals surface area contributed by atoms with E-state index < -0.39 is 5.54 Å². The Kier molecular flexibility index (Phi) is 9.75. The van der Waals surface area contributed by atoms with Gasteiger partial charge in [0.1, 0.15) is 5.54 Å². The number of nitrogens with two attached hydrogens (primary N) is 1. The third kappa shape index (κ3) is 7.19. The molecule has 120 valence electrons. The van der Waals surface area contributed by atoms with Gasteiger partial charge in [0, 0.05) is 26.8 Å². The van der Waals surface area contributed by atoms with Gasteiger partial charge in [-0.05, 0) is 33.2 Å². The van der Waals surface area contributed by atoms with Crippen LogP contribution in [-0.2, 0) is 19.0 Å². The highest BCUT2D eigenvalue weighted by atomic mass is 16.5. The fourth-order valence-corrected chi connectivity index (χ4v) is 2.09. The number of hydrogen-bond donors (Lipinski definition) is 1. The van der Waals surface area contributed by atoms with Crippen molar-refractivity contribution in [3.63, 3.8) is 0 Å². The summed E-state index contributed by atoms with van der Waals surface area (Å²) in [6.07, 6.45) is 1.41. The normalized spacial score (nSPS) is 15.9. The second-order valence-corrected chi connectivity index (χ2v) is 5.35. The number of carbonyl (C=O) groups is 1. The minimum atomic E-state index is -0.924. The Balaban J connectivity index is 4.28. The van der Waals surface area contributed by atoms with Gasteiger partial charge in [-0.25, -0.2) is 0 Å². The molecule has 0 spiro atoms. The number of esters is 1. The molecule has 0 aliphatic carbocycles. The summed E-state index contributed by atoms with van der Waals surface area (Å²) in [5.41, 5.74) is 5.03. The lowest BCUT2D eigenvalue weighted by molar-refractivity contribution is -0.146. The van der Waals surface area contributed by atoms with Crippen LogP contribution >= 0.6 is 0 Å².